The Labute approximate surface area is 137 Å². The lowest BCUT2D eigenvalue weighted by molar-refractivity contribution is 0.339. The van der Waals surface area contributed by atoms with E-state index >= 15 is 0 Å². The fourth-order valence-electron chi connectivity index (χ4n) is 2.21. The number of anilines is 1. The van der Waals surface area contributed by atoms with Gasteiger partial charge in [0.05, 0.1) is 10.7 Å². The second-order valence-corrected chi connectivity index (χ2v) is 7.66. The van der Waals surface area contributed by atoms with Gasteiger partial charge in [-0.25, -0.2) is 8.42 Å². The standard InChI is InChI=1S/C14H22Cl2N2O2S/c1-4-10(5-2)9-18(6-3)21(19,20)14-12(16)7-11(15)8-13(14)17/h7-8,10H,4-6,9,17H2,1-3H3. The summed E-state index contributed by atoms with van der Waals surface area (Å²) in [7, 11) is -3.73. The highest BCUT2D eigenvalue weighted by Gasteiger charge is 2.29. The molecule has 0 aromatic heterocycles. The maximum Gasteiger partial charge on any atom is 0.246 e. The number of halogens is 2. The van der Waals surface area contributed by atoms with Gasteiger partial charge in [0.15, 0.2) is 0 Å². The quantitative estimate of drug-likeness (QED) is 0.753. The van der Waals surface area contributed by atoms with E-state index < -0.39 is 10.0 Å². The third-order valence-electron chi connectivity index (χ3n) is 3.60. The number of rotatable bonds is 7. The monoisotopic (exact) mass is 352 g/mol. The highest BCUT2D eigenvalue weighted by Crippen LogP contribution is 2.33. The molecule has 0 aliphatic carbocycles. The van der Waals surface area contributed by atoms with E-state index in [2.05, 4.69) is 13.8 Å². The summed E-state index contributed by atoms with van der Waals surface area (Å²) in [5, 5.41) is 0.377. The molecule has 7 heteroatoms. The van der Waals surface area contributed by atoms with Gasteiger partial charge in [0, 0.05) is 18.1 Å². The molecule has 0 aliphatic heterocycles. The molecule has 1 aromatic carbocycles. The lowest BCUT2D eigenvalue weighted by Crippen LogP contribution is -2.35. The average molecular weight is 353 g/mol. The number of benzene rings is 1. The van der Waals surface area contributed by atoms with Gasteiger partial charge in [-0.1, -0.05) is 56.8 Å². The lowest BCUT2D eigenvalue weighted by atomic mass is 10.0. The highest BCUT2D eigenvalue weighted by atomic mass is 35.5. The molecular weight excluding hydrogens is 331 g/mol. The van der Waals surface area contributed by atoms with Crippen molar-refractivity contribution in [1.29, 1.82) is 0 Å². The zero-order valence-electron chi connectivity index (χ0n) is 12.6. The third kappa shape index (κ3) is 4.25. The van der Waals surface area contributed by atoms with Gasteiger partial charge in [-0.2, -0.15) is 4.31 Å². The predicted octanol–water partition coefficient (Wildman–Crippen LogP) is 4.02. The fraction of sp³-hybridized carbons (Fsp3) is 0.571. The molecular formula is C14H22Cl2N2O2S. The molecule has 0 unspecified atom stereocenters. The predicted molar refractivity (Wildman–Crippen MR) is 89.4 cm³/mol. The molecule has 0 amide bonds. The summed E-state index contributed by atoms with van der Waals surface area (Å²) in [6.45, 7) is 6.75. The van der Waals surface area contributed by atoms with Crippen LogP contribution in [-0.4, -0.2) is 25.8 Å². The van der Waals surface area contributed by atoms with E-state index in [1.54, 1.807) is 6.92 Å². The molecule has 0 bridgehead atoms. The molecule has 0 spiro atoms. The van der Waals surface area contributed by atoms with Gasteiger partial charge in [0.25, 0.3) is 0 Å². The molecule has 1 rings (SSSR count). The smallest absolute Gasteiger partial charge is 0.246 e. The fourth-order valence-corrected chi connectivity index (χ4v) is 4.68. The summed E-state index contributed by atoms with van der Waals surface area (Å²) < 4.78 is 27.0. The van der Waals surface area contributed by atoms with Crippen molar-refractivity contribution in [2.24, 2.45) is 5.92 Å². The molecule has 1 aromatic rings. The van der Waals surface area contributed by atoms with Crippen molar-refractivity contribution in [3.63, 3.8) is 0 Å². The lowest BCUT2D eigenvalue weighted by Gasteiger charge is -2.25. The molecule has 0 saturated heterocycles. The molecule has 2 N–H and O–H groups in total. The number of nitrogens with two attached hydrogens (primary N) is 1. The number of hydrogen-bond donors (Lipinski definition) is 1. The molecule has 4 nitrogen and oxygen atoms in total. The van der Waals surface area contributed by atoms with Crippen LogP contribution < -0.4 is 5.73 Å². The van der Waals surface area contributed by atoms with Crippen LogP contribution in [0.1, 0.15) is 33.6 Å². The first-order valence-electron chi connectivity index (χ1n) is 7.02. The second-order valence-electron chi connectivity index (χ2n) is 4.94. The normalized spacial score (nSPS) is 12.3. The maximum atomic E-state index is 12.8. The summed E-state index contributed by atoms with van der Waals surface area (Å²) >= 11 is 11.9. The highest BCUT2D eigenvalue weighted by molar-refractivity contribution is 7.89. The maximum absolute atomic E-state index is 12.8. The first-order valence-corrected chi connectivity index (χ1v) is 9.22. The summed E-state index contributed by atoms with van der Waals surface area (Å²) in [5.74, 6) is 0.312. The van der Waals surface area contributed by atoms with Crippen molar-refractivity contribution in [3.05, 3.63) is 22.2 Å². The molecule has 0 fully saturated rings. The van der Waals surface area contributed by atoms with E-state index in [-0.39, 0.29) is 15.6 Å². The van der Waals surface area contributed by atoms with Gasteiger partial charge in [0.1, 0.15) is 4.90 Å². The molecule has 120 valence electrons. The van der Waals surface area contributed by atoms with Crippen molar-refractivity contribution < 1.29 is 8.42 Å². The molecule has 0 saturated carbocycles. The Kier molecular flexibility index (Phi) is 6.78. The van der Waals surface area contributed by atoms with Crippen molar-refractivity contribution in [1.82, 2.24) is 4.31 Å². The average Bonchev–Trinajstić information content (AvgIpc) is 2.38. The number of sulfonamides is 1. The van der Waals surface area contributed by atoms with E-state index in [4.69, 9.17) is 28.9 Å². The minimum absolute atomic E-state index is 0.0543. The van der Waals surface area contributed by atoms with Gasteiger partial charge in [-0.3, -0.25) is 0 Å². The van der Waals surface area contributed by atoms with Crippen molar-refractivity contribution >= 4 is 38.9 Å². The Morgan fingerprint density at radius 1 is 1.19 bits per heavy atom. The van der Waals surface area contributed by atoms with Crippen molar-refractivity contribution in [2.45, 2.75) is 38.5 Å². The largest absolute Gasteiger partial charge is 0.398 e. The first kappa shape index (κ1) is 18.6. The molecule has 21 heavy (non-hydrogen) atoms. The van der Waals surface area contributed by atoms with Gasteiger partial charge in [0.2, 0.25) is 10.0 Å². The Balaban J connectivity index is 3.25. The Hall–Kier alpha value is -0.490. The van der Waals surface area contributed by atoms with Crippen molar-refractivity contribution in [2.75, 3.05) is 18.8 Å². The molecule has 0 atom stereocenters. The van der Waals surface area contributed by atoms with Gasteiger partial charge in [-0.05, 0) is 18.1 Å². The van der Waals surface area contributed by atoms with Crippen LogP contribution in [-0.2, 0) is 10.0 Å². The van der Waals surface area contributed by atoms with E-state index in [1.165, 1.54) is 16.4 Å². The van der Waals surface area contributed by atoms with Gasteiger partial charge < -0.3 is 5.73 Å². The zero-order chi connectivity index (χ0) is 16.2. The summed E-state index contributed by atoms with van der Waals surface area (Å²) in [5.41, 5.74) is 5.90. The zero-order valence-corrected chi connectivity index (χ0v) is 14.9. The van der Waals surface area contributed by atoms with Crippen LogP contribution >= 0.6 is 23.2 Å². The Bertz CT molecular complexity index is 564. The first-order chi connectivity index (χ1) is 9.77. The van der Waals surface area contributed by atoms with E-state index in [0.29, 0.717) is 24.0 Å². The molecule has 0 radical (unpaired) electrons. The Morgan fingerprint density at radius 2 is 1.76 bits per heavy atom. The number of nitrogen functional groups attached to an aromatic ring is 1. The minimum Gasteiger partial charge on any atom is -0.398 e. The van der Waals surface area contributed by atoms with Crippen molar-refractivity contribution in [3.8, 4) is 0 Å². The van der Waals surface area contributed by atoms with Gasteiger partial charge >= 0.3 is 0 Å². The summed E-state index contributed by atoms with van der Waals surface area (Å²) in [6.07, 6.45) is 1.85. The van der Waals surface area contributed by atoms with Crippen LogP contribution in [0.25, 0.3) is 0 Å². The van der Waals surface area contributed by atoms with Gasteiger partial charge in [-0.15, -0.1) is 0 Å². The summed E-state index contributed by atoms with van der Waals surface area (Å²) in [4.78, 5) is -0.0543. The van der Waals surface area contributed by atoms with Crippen LogP contribution in [0.15, 0.2) is 17.0 Å². The Morgan fingerprint density at radius 3 is 2.19 bits per heavy atom. The third-order valence-corrected chi connectivity index (χ3v) is 6.29. The molecule has 0 heterocycles. The van der Waals surface area contributed by atoms with Crippen LogP contribution in [0.5, 0.6) is 0 Å². The SMILES string of the molecule is CCC(CC)CN(CC)S(=O)(=O)c1c(N)cc(Cl)cc1Cl. The van der Waals surface area contributed by atoms with Crippen LogP contribution in [0.3, 0.4) is 0 Å². The molecule has 0 aliphatic rings. The number of hydrogen-bond acceptors (Lipinski definition) is 3. The van der Waals surface area contributed by atoms with E-state index in [1.807, 2.05) is 0 Å². The van der Waals surface area contributed by atoms with E-state index in [0.717, 1.165) is 12.8 Å². The topological polar surface area (TPSA) is 63.4 Å². The number of nitrogens with zero attached hydrogens (tertiary/aromatic N) is 1. The van der Waals surface area contributed by atoms with Crippen LogP contribution in [0.4, 0.5) is 5.69 Å². The van der Waals surface area contributed by atoms with Crippen LogP contribution in [0, 0.1) is 5.92 Å². The second kappa shape index (κ2) is 7.68. The minimum atomic E-state index is -3.73. The van der Waals surface area contributed by atoms with Crippen LogP contribution in [0.2, 0.25) is 10.0 Å². The van der Waals surface area contributed by atoms with E-state index in [9.17, 15) is 8.42 Å². The summed E-state index contributed by atoms with van der Waals surface area (Å²) in [6, 6.07) is 2.81.